The molecule has 0 bridgehead atoms. The van der Waals surface area contributed by atoms with E-state index in [4.69, 9.17) is 4.74 Å². The molecule has 1 aromatic carbocycles. The van der Waals surface area contributed by atoms with Gasteiger partial charge in [-0.1, -0.05) is 64.4 Å². The third-order valence-corrected chi connectivity index (χ3v) is 6.90. The third-order valence-electron chi connectivity index (χ3n) is 6.90. The van der Waals surface area contributed by atoms with Crippen LogP contribution in [0.5, 0.6) is 5.75 Å². The maximum Gasteiger partial charge on any atom is 0.408 e. The van der Waals surface area contributed by atoms with Gasteiger partial charge in [0.15, 0.2) is 0 Å². The number of nitrogens with one attached hydrogen (secondary N) is 2. The standard InChI is InChI=1S/C30H49N3O5/c1-6-7-8-9-10-14-19-33(26(35)21-31-29(37)38-30(3,4)5)27(23-17-18-25(34)22(2)20-23)28(36)32-24-15-12-11-13-16-24/h17-18,20,24,27,34H,6-16,19,21H2,1-5H3,(H,31,37)(H,32,36). The van der Waals surface area contributed by atoms with E-state index in [2.05, 4.69) is 17.6 Å². The summed E-state index contributed by atoms with van der Waals surface area (Å²) in [6, 6.07) is 4.26. The molecule has 214 valence electrons. The van der Waals surface area contributed by atoms with Crippen molar-refractivity contribution in [1.82, 2.24) is 15.5 Å². The summed E-state index contributed by atoms with van der Waals surface area (Å²) in [4.78, 5) is 41.2. The zero-order valence-electron chi connectivity index (χ0n) is 24.1. The Morgan fingerprint density at radius 2 is 1.71 bits per heavy atom. The number of phenols is 1. The molecule has 0 radical (unpaired) electrons. The van der Waals surface area contributed by atoms with E-state index in [-0.39, 0.29) is 30.2 Å². The van der Waals surface area contributed by atoms with Gasteiger partial charge in [-0.15, -0.1) is 0 Å². The lowest BCUT2D eigenvalue weighted by atomic mass is 9.94. The average molecular weight is 532 g/mol. The molecule has 3 N–H and O–H groups in total. The molecule has 1 unspecified atom stereocenters. The number of phenolic OH excluding ortho intramolecular Hbond substituents is 1. The molecule has 0 aromatic heterocycles. The predicted molar refractivity (Wildman–Crippen MR) is 150 cm³/mol. The summed E-state index contributed by atoms with van der Waals surface area (Å²) in [6.45, 7) is 9.36. The molecule has 38 heavy (non-hydrogen) atoms. The van der Waals surface area contributed by atoms with Crippen molar-refractivity contribution in [2.75, 3.05) is 13.1 Å². The second kappa shape index (κ2) is 15.6. The second-order valence-electron chi connectivity index (χ2n) is 11.5. The van der Waals surface area contributed by atoms with E-state index in [1.807, 2.05) is 0 Å². The fourth-order valence-corrected chi connectivity index (χ4v) is 4.87. The van der Waals surface area contributed by atoms with Crippen LogP contribution >= 0.6 is 0 Å². The molecule has 1 aliphatic rings. The van der Waals surface area contributed by atoms with Gasteiger partial charge in [0, 0.05) is 12.6 Å². The van der Waals surface area contributed by atoms with E-state index in [1.165, 1.54) is 12.8 Å². The number of benzene rings is 1. The van der Waals surface area contributed by atoms with Gasteiger partial charge in [-0.25, -0.2) is 4.79 Å². The number of alkyl carbamates (subject to hydrolysis) is 1. The molecule has 0 aliphatic heterocycles. The zero-order valence-corrected chi connectivity index (χ0v) is 24.1. The number of carbonyl (C=O) groups excluding carboxylic acids is 3. The highest BCUT2D eigenvalue weighted by molar-refractivity contribution is 5.90. The van der Waals surface area contributed by atoms with Crippen molar-refractivity contribution in [2.45, 2.75) is 123 Å². The summed E-state index contributed by atoms with van der Waals surface area (Å²) in [5, 5.41) is 15.9. The average Bonchev–Trinajstić information content (AvgIpc) is 2.85. The molecule has 8 nitrogen and oxygen atoms in total. The van der Waals surface area contributed by atoms with Crippen LogP contribution in [-0.4, -0.2) is 52.6 Å². The fraction of sp³-hybridized carbons (Fsp3) is 0.700. The SMILES string of the molecule is CCCCCCCCN(C(=O)CNC(=O)OC(C)(C)C)C(C(=O)NC1CCCCC1)c1ccc(O)c(C)c1. The number of aryl methyl sites for hydroxylation is 1. The number of aromatic hydroxyl groups is 1. The molecular formula is C30H49N3O5. The van der Waals surface area contributed by atoms with Crippen LogP contribution in [-0.2, 0) is 14.3 Å². The highest BCUT2D eigenvalue weighted by atomic mass is 16.6. The molecule has 1 aromatic rings. The van der Waals surface area contributed by atoms with E-state index < -0.39 is 17.7 Å². The van der Waals surface area contributed by atoms with Gasteiger partial charge in [-0.3, -0.25) is 9.59 Å². The van der Waals surface area contributed by atoms with Gasteiger partial charge in [-0.2, -0.15) is 0 Å². The van der Waals surface area contributed by atoms with E-state index >= 15 is 0 Å². The van der Waals surface area contributed by atoms with Crippen LogP contribution in [0.3, 0.4) is 0 Å². The molecule has 8 heteroatoms. The van der Waals surface area contributed by atoms with Gasteiger partial charge in [-0.05, 0) is 70.2 Å². The number of unbranched alkanes of at least 4 members (excludes halogenated alkanes) is 5. The Bertz CT molecular complexity index is 906. The summed E-state index contributed by atoms with van der Waals surface area (Å²) in [5.74, 6) is -0.432. The molecule has 2 rings (SSSR count). The summed E-state index contributed by atoms with van der Waals surface area (Å²) in [5.41, 5.74) is 0.596. The second-order valence-corrected chi connectivity index (χ2v) is 11.5. The Morgan fingerprint density at radius 3 is 2.34 bits per heavy atom. The molecular weight excluding hydrogens is 482 g/mol. The molecule has 0 heterocycles. The number of ether oxygens (including phenoxy) is 1. The minimum absolute atomic E-state index is 0.0860. The number of carbonyl (C=O) groups is 3. The third kappa shape index (κ3) is 10.9. The van der Waals surface area contributed by atoms with Crippen LogP contribution in [0.15, 0.2) is 18.2 Å². The number of hydrogen-bond acceptors (Lipinski definition) is 5. The van der Waals surface area contributed by atoms with Crippen molar-refractivity contribution in [3.05, 3.63) is 29.3 Å². The molecule has 3 amide bonds. The topological polar surface area (TPSA) is 108 Å². The van der Waals surface area contributed by atoms with Crippen molar-refractivity contribution in [2.24, 2.45) is 0 Å². The fourth-order valence-electron chi connectivity index (χ4n) is 4.87. The summed E-state index contributed by atoms with van der Waals surface area (Å²) in [6.07, 6.45) is 10.8. The van der Waals surface area contributed by atoms with Gasteiger partial charge in [0.1, 0.15) is 23.9 Å². The number of rotatable bonds is 13. The first-order valence-corrected chi connectivity index (χ1v) is 14.4. The van der Waals surface area contributed by atoms with Gasteiger partial charge in [0.05, 0.1) is 0 Å². The molecule has 1 atom stereocenters. The Hall–Kier alpha value is -2.77. The number of hydrogen-bond donors (Lipinski definition) is 3. The Balaban J connectivity index is 2.28. The quantitative estimate of drug-likeness (QED) is 0.275. The number of nitrogens with zero attached hydrogens (tertiary/aromatic N) is 1. The van der Waals surface area contributed by atoms with Gasteiger partial charge >= 0.3 is 6.09 Å². The Labute approximate surface area is 228 Å². The lowest BCUT2D eigenvalue weighted by Crippen LogP contribution is -2.50. The normalized spacial score (nSPS) is 15.0. The van der Waals surface area contributed by atoms with Crippen LogP contribution < -0.4 is 10.6 Å². The molecule has 1 saturated carbocycles. The largest absolute Gasteiger partial charge is 0.508 e. The maximum absolute atomic E-state index is 13.8. The summed E-state index contributed by atoms with van der Waals surface area (Å²) < 4.78 is 5.30. The van der Waals surface area contributed by atoms with Gasteiger partial charge in [0.2, 0.25) is 11.8 Å². The van der Waals surface area contributed by atoms with Gasteiger partial charge < -0.3 is 25.4 Å². The van der Waals surface area contributed by atoms with Crippen molar-refractivity contribution in [1.29, 1.82) is 0 Å². The number of amides is 3. The minimum atomic E-state index is -0.861. The van der Waals surface area contributed by atoms with E-state index in [0.29, 0.717) is 17.7 Å². The van der Waals surface area contributed by atoms with Crippen molar-refractivity contribution >= 4 is 17.9 Å². The Kier molecular flexibility index (Phi) is 12.9. The molecule has 1 fully saturated rings. The summed E-state index contributed by atoms with van der Waals surface area (Å²) >= 11 is 0. The van der Waals surface area contributed by atoms with Gasteiger partial charge in [0.25, 0.3) is 0 Å². The van der Waals surface area contributed by atoms with Crippen molar-refractivity contribution in [3.8, 4) is 5.75 Å². The summed E-state index contributed by atoms with van der Waals surface area (Å²) in [7, 11) is 0. The van der Waals surface area contributed by atoms with Crippen molar-refractivity contribution in [3.63, 3.8) is 0 Å². The van der Waals surface area contributed by atoms with Crippen LogP contribution in [0.2, 0.25) is 0 Å². The lowest BCUT2D eigenvalue weighted by molar-refractivity contribution is -0.140. The van der Waals surface area contributed by atoms with E-state index in [1.54, 1.807) is 50.8 Å². The highest BCUT2D eigenvalue weighted by Crippen LogP contribution is 2.28. The predicted octanol–water partition coefficient (Wildman–Crippen LogP) is 5.90. The minimum Gasteiger partial charge on any atom is -0.508 e. The van der Waals surface area contributed by atoms with Crippen LogP contribution in [0.4, 0.5) is 4.79 Å². The smallest absolute Gasteiger partial charge is 0.408 e. The van der Waals surface area contributed by atoms with E-state index in [0.717, 1.165) is 57.8 Å². The lowest BCUT2D eigenvalue weighted by Gasteiger charge is -2.34. The molecule has 1 aliphatic carbocycles. The first-order chi connectivity index (χ1) is 18.0. The highest BCUT2D eigenvalue weighted by Gasteiger charge is 2.33. The van der Waals surface area contributed by atoms with Crippen LogP contribution in [0.1, 0.15) is 115 Å². The Morgan fingerprint density at radius 1 is 1.05 bits per heavy atom. The van der Waals surface area contributed by atoms with Crippen LogP contribution in [0, 0.1) is 6.92 Å². The van der Waals surface area contributed by atoms with Crippen molar-refractivity contribution < 1.29 is 24.2 Å². The first kappa shape index (κ1) is 31.4. The zero-order chi connectivity index (χ0) is 28.1. The van der Waals surface area contributed by atoms with Crippen LogP contribution in [0.25, 0.3) is 0 Å². The molecule has 0 saturated heterocycles. The monoisotopic (exact) mass is 531 g/mol. The first-order valence-electron chi connectivity index (χ1n) is 14.4. The molecule has 0 spiro atoms. The maximum atomic E-state index is 13.8. The van der Waals surface area contributed by atoms with E-state index in [9.17, 15) is 19.5 Å².